The molecule has 0 aliphatic carbocycles. The molecule has 21 heavy (non-hydrogen) atoms. The van der Waals surface area contributed by atoms with Crippen LogP contribution in [-0.4, -0.2) is 47.1 Å². The minimum Gasteiger partial charge on any atom is -0.355 e. The van der Waals surface area contributed by atoms with Crippen LogP contribution in [0.4, 0.5) is 0 Å². The third-order valence-corrected chi connectivity index (χ3v) is 4.29. The molecule has 1 N–H and O–H groups in total. The van der Waals surface area contributed by atoms with Crippen LogP contribution in [0.1, 0.15) is 25.2 Å². The summed E-state index contributed by atoms with van der Waals surface area (Å²) in [5, 5.41) is 8.88. The standard InChI is InChI=1S/C14H18N4O2S/c1-2-5-15-12(19)9-18-7-10(8-18)14-16-13(17-20-14)11-4-3-6-21-11/h3-4,6,10H,2,5,7-9H2,1H3,(H,15,19). The third-order valence-electron chi connectivity index (χ3n) is 3.43. The molecule has 0 atom stereocenters. The number of amides is 1. The van der Waals surface area contributed by atoms with E-state index in [1.54, 1.807) is 11.3 Å². The van der Waals surface area contributed by atoms with Gasteiger partial charge in [0.25, 0.3) is 0 Å². The van der Waals surface area contributed by atoms with E-state index in [1.165, 1.54) is 0 Å². The van der Waals surface area contributed by atoms with Gasteiger partial charge in [0, 0.05) is 19.6 Å². The average molecular weight is 306 g/mol. The van der Waals surface area contributed by atoms with E-state index in [1.807, 2.05) is 24.4 Å². The highest BCUT2D eigenvalue weighted by Gasteiger charge is 2.33. The fraction of sp³-hybridized carbons (Fsp3) is 0.500. The van der Waals surface area contributed by atoms with Crippen molar-refractivity contribution in [1.29, 1.82) is 0 Å². The summed E-state index contributed by atoms with van der Waals surface area (Å²) in [6.07, 6.45) is 0.960. The van der Waals surface area contributed by atoms with Crippen LogP contribution in [0.3, 0.4) is 0 Å². The normalized spacial score (nSPS) is 15.9. The SMILES string of the molecule is CCCNC(=O)CN1CC(c2nc(-c3cccs3)no2)C1. The van der Waals surface area contributed by atoms with E-state index >= 15 is 0 Å². The lowest BCUT2D eigenvalue weighted by Gasteiger charge is -2.36. The molecule has 3 rings (SSSR count). The lowest BCUT2D eigenvalue weighted by molar-refractivity contribution is -0.123. The minimum absolute atomic E-state index is 0.0834. The second-order valence-electron chi connectivity index (χ2n) is 5.17. The van der Waals surface area contributed by atoms with E-state index in [4.69, 9.17) is 4.52 Å². The van der Waals surface area contributed by atoms with Gasteiger partial charge in [0.05, 0.1) is 17.3 Å². The van der Waals surface area contributed by atoms with Crippen molar-refractivity contribution in [2.75, 3.05) is 26.2 Å². The minimum atomic E-state index is 0.0834. The van der Waals surface area contributed by atoms with Gasteiger partial charge in [-0.1, -0.05) is 18.1 Å². The maximum Gasteiger partial charge on any atom is 0.234 e. The van der Waals surface area contributed by atoms with E-state index in [-0.39, 0.29) is 11.8 Å². The average Bonchev–Trinajstić information content (AvgIpc) is 3.09. The Labute approximate surface area is 127 Å². The highest BCUT2D eigenvalue weighted by atomic mass is 32.1. The maximum absolute atomic E-state index is 11.6. The highest BCUT2D eigenvalue weighted by molar-refractivity contribution is 7.13. The van der Waals surface area contributed by atoms with Crippen molar-refractivity contribution in [2.45, 2.75) is 19.3 Å². The second-order valence-corrected chi connectivity index (χ2v) is 6.12. The van der Waals surface area contributed by atoms with Gasteiger partial charge >= 0.3 is 0 Å². The van der Waals surface area contributed by atoms with Crippen molar-refractivity contribution in [3.05, 3.63) is 23.4 Å². The molecule has 0 spiro atoms. The van der Waals surface area contributed by atoms with Crippen molar-refractivity contribution in [1.82, 2.24) is 20.4 Å². The predicted molar refractivity (Wildman–Crippen MR) is 80.1 cm³/mol. The number of thiophene rings is 1. The van der Waals surface area contributed by atoms with Gasteiger partial charge < -0.3 is 9.84 Å². The highest BCUT2D eigenvalue weighted by Crippen LogP contribution is 2.28. The molecule has 3 heterocycles. The number of hydrogen-bond donors (Lipinski definition) is 1. The van der Waals surface area contributed by atoms with Gasteiger partial charge in [0.2, 0.25) is 17.6 Å². The van der Waals surface area contributed by atoms with Crippen molar-refractivity contribution in [2.24, 2.45) is 0 Å². The molecule has 0 unspecified atom stereocenters. The molecule has 0 aromatic carbocycles. The zero-order valence-corrected chi connectivity index (χ0v) is 12.7. The summed E-state index contributed by atoms with van der Waals surface area (Å²) in [7, 11) is 0. The molecule has 112 valence electrons. The van der Waals surface area contributed by atoms with Crippen LogP contribution in [0.25, 0.3) is 10.7 Å². The van der Waals surface area contributed by atoms with Gasteiger partial charge in [-0.05, 0) is 17.9 Å². The summed E-state index contributed by atoms with van der Waals surface area (Å²) < 4.78 is 5.33. The number of nitrogens with zero attached hydrogens (tertiary/aromatic N) is 3. The fourth-order valence-corrected chi connectivity index (χ4v) is 2.93. The van der Waals surface area contributed by atoms with Gasteiger partial charge in [-0.2, -0.15) is 4.98 Å². The van der Waals surface area contributed by atoms with Crippen molar-refractivity contribution < 1.29 is 9.32 Å². The van der Waals surface area contributed by atoms with E-state index in [2.05, 4.69) is 20.4 Å². The molecule has 1 amide bonds. The molecule has 1 aliphatic heterocycles. The number of nitrogens with one attached hydrogen (secondary N) is 1. The third kappa shape index (κ3) is 3.30. The predicted octanol–water partition coefficient (Wildman–Crippen LogP) is 1.72. The van der Waals surface area contributed by atoms with Gasteiger partial charge in [-0.3, -0.25) is 9.69 Å². The Hall–Kier alpha value is -1.73. The largest absolute Gasteiger partial charge is 0.355 e. The summed E-state index contributed by atoms with van der Waals surface area (Å²) in [6, 6.07) is 3.94. The summed E-state index contributed by atoms with van der Waals surface area (Å²) in [4.78, 5) is 19.2. The Morgan fingerprint density at radius 3 is 3.14 bits per heavy atom. The van der Waals surface area contributed by atoms with Crippen LogP contribution < -0.4 is 5.32 Å². The Balaban J connectivity index is 1.49. The van der Waals surface area contributed by atoms with Crippen molar-refractivity contribution in [3.8, 4) is 10.7 Å². The molecule has 1 fully saturated rings. The number of likely N-dealkylation sites (tertiary alicyclic amines) is 1. The van der Waals surface area contributed by atoms with Crippen LogP contribution in [0, 0.1) is 0 Å². The number of aromatic nitrogens is 2. The van der Waals surface area contributed by atoms with Gasteiger partial charge in [0.1, 0.15) is 0 Å². The Morgan fingerprint density at radius 2 is 2.43 bits per heavy atom. The summed E-state index contributed by atoms with van der Waals surface area (Å²) >= 11 is 1.59. The van der Waals surface area contributed by atoms with E-state index < -0.39 is 0 Å². The van der Waals surface area contributed by atoms with E-state index in [0.717, 1.165) is 30.9 Å². The molecule has 1 aliphatic rings. The number of rotatable bonds is 6. The van der Waals surface area contributed by atoms with Gasteiger partial charge in [0.15, 0.2) is 0 Å². The van der Waals surface area contributed by atoms with Crippen molar-refractivity contribution >= 4 is 17.2 Å². The zero-order chi connectivity index (χ0) is 14.7. The summed E-state index contributed by atoms with van der Waals surface area (Å²) in [6.45, 7) is 4.82. The topological polar surface area (TPSA) is 71.3 Å². The molecule has 0 radical (unpaired) electrons. The lowest BCUT2D eigenvalue weighted by atomic mass is 10.0. The summed E-state index contributed by atoms with van der Waals surface area (Å²) in [5.74, 6) is 1.65. The molecule has 1 saturated heterocycles. The maximum atomic E-state index is 11.6. The monoisotopic (exact) mass is 306 g/mol. The van der Waals surface area contributed by atoms with Crippen LogP contribution in [-0.2, 0) is 4.79 Å². The molecule has 0 bridgehead atoms. The first-order chi connectivity index (χ1) is 10.3. The zero-order valence-electron chi connectivity index (χ0n) is 11.9. The first-order valence-corrected chi connectivity index (χ1v) is 8.00. The Morgan fingerprint density at radius 1 is 1.57 bits per heavy atom. The lowest BCUT2D eigenvalue weighted by Crippen LogP contribution is -2.49. The first kappa shape index (κ1) is 14.2. The fourth-order valence-electron chi connectivity index (χ4n) is 2.29. The summed E-state index contributed by atoms with van der Waals surface area (Å²) in [5.41, 5.74) is 0. The molecule has 2 aromatic rings. The van der Waals surface area contributed by atoms with Crippen LogP contribution in [0.15, 0.2) is 22.0 Å². The van der Waals surface area contributed by atoms with Crippen molar-refractivity contribution in [3.63, 3.8) is 0 Å². The van der Waals surface area contributed by atoms with Gasteiger partial charge in [-0.15, -0.1) is 11.3 Å². The quantitative estimate of drug-likeness (QED) is 0.880. The first-order valence-electron chi connectivity index (χ1n) is 7.12. The van der Waals surface area contributed by atoms with Gasteiger partial charge in [-0.25, -0.2) is 0 Å². The Bertz CT molecular complexity index is 590. The second kappa shape index (κ2) is 6.36. The van der Waals surface area contributed by atoms with E-state index in [9.17, 15) is 4.79 Å². The molecule has 2 aromatic heterocycles. The number of hydrogen-bond acceptors (Lipinski definition) is 6. The number of carbonyl (C=O) groups is 1. The number of carbonyl (C=O) groups excluding carboxylic acids is 1. The molecule has 7 heteroatoms. The molecule has 0 saturated carbocycles. The smallest absolute Gasteiger partial charge is 0.234 e. The molecular formula is C14H18N4O2S. The molecule has 6 nitrogen and oxygen atoms in total. The Kier molecular flexibility index (Phi) is 4.31. The van der Waals surface area contributed by atoms with E-state index in [0.29, 0.717) is 18.3 Å². The van der Waals surface area contributed by atoms with Crippen LogP contribution in [0.2, 0.25) is 0 Å². The van der Waals surface area contributed by atoms with Crippen LogP contribution >= 0.6 is 11.3 Å². The van der Waals surface area contributed by atoms with Crippen LogP contribution in [0.5, 0.6) is 0 Å². The molecular weight excluding hydrogens is 288 g/mol.